The van der Waals surface area contributed by atoms with Crippen LogP contribution in [0.15, 0.2) is 36.4 Å². The van der Waals surface area contributed by atoms with Crippen LogP contribution >= 0.6 is 0 Å². The Morgan fingerprint density at radius 1 is 0.633 bits per heavy atom. The van der Waals surface area contributed by atoms with Crippen LogP contribution in [0.25, 0.3) is 0 Å². The number of carbonyl (C=O) groups excluding carboxylic acids is 1. The van der Waals surface area contributed by atoms with Gasteiger partial charge in [-0.2, -0.15) is 0 Å². The normalized spacial score (nSPS) is 10.9. The molecule has 4 N–H and O–H groups in total. The first-order valence-electron chi connectivity index (χ1n) is 9.74. The minimum atomic E-state index is -0.267. The van der Waals surface area contributed by atoms with Gasteiger partial charge >= 0.3 is 0 Å². The van der Waals surface area contributed by atoms with E-state index in [4.69, 9.17) is 0 Å². The number of rotatable bonds is 6. The van der Waals surface area contributed by atoms with E-state index in [-0.39, 0.29) is 35.8 Å². The van der Waals surface area contributed by atoms with Gasteiger partial charge in [0.2, 0.25) is 0 Å². The molecule has 0 heterocycles. The molecule has 0 aliphatic rings. The van der Waals surface area contributed by atoms with E-state index < -0.39 is 0 Å². The molecule has 0 aromatic heterocycles. The molecule has 0 spiro atoms. The largest absolute Gasteiger partial charge is 0.507 e. The highest BCUT2D eigenvalue weighted by Crippen LogP contribution is 2.34. The highest BCUT2D eigenvalue weighted by atomic mass is 16.3. The number of hydrogen-bond acceptors (Lipinski definition) is 5. The highest BCUT2D eigenvalue weighted by Gasteiger charge is 2.16. The van der Waals surface area contributed by atoms with Crippen LogP contribution in [0.4, 0.5) is 0 Å². The van der Waals surface area contributed by atoms with E-state index in [1.807, 2.05) is 39.0 Å². The summed E-state index contributed by atoms with van der Waals surface area (Å²) in [7, 11) is 0. The van der Waals surface area contributed by atoms with Crippen molar-refractivity contribution in [2.24, 2.45) is 0 Å². The van der Waals surface area contributed by atoms with E-state index in [1.165, 1.54) is 0 Å². The second kappa shape index (κ2) is 8.59. The van der Waals surface area contributed by atoms with E-state index in [2.05, 4.69) is 0 Å². The molecule has 0 amide bonds. The average Bonchev–Trinajstić information content (AvgIpc) is 2.70. The van der Waals surface area contributed by atoms with Gasteiger partial charge in [-0.3, -0.25) is 4.79 Å². The molecule has 0 unspecified atom stereocenters. The SMILES string of the molecule is Cc1cc(C=O)c(O)c(Cc2cc(C)cc(Cc3cc(C)cc(CO)c3O)c2O)c1. The maximum absolute atomic E-state index is 11.2. The van der Waals surface area contributed by atoms with Gasteiger partial charge in [0.15, 0.2) is 6.29 Å². The number of benzene rings is 3. The van der Waals surface area contributed by atoms with Crippen LogP contribution in [-0.2, 0) is 19.4 Å². The third-order valence-electron chi connectivity index (χ3n) is 5.25. The molecule has 3 rings (SSSR count). The second-order valence-corrected chi connectivity index (χ2v) is 7.85. The minimum absolute atomic E-state index is 0.0255. The number of phenols is 3. The van der Waals surface area contributed by atoms with Gasteiger partial charge in [0.25, 0.3) is 0 Å². The van der Waals surface area contributed by atoms with Gasteiger partial charge in [-0.1, -0.05) is 41.5 Å². The first kappa shape index (κ1) is 21.4. The maximum Gasteiger partial charge on any atom is 0.153 e. The summed E-state index contributed by atoms with van der Waals surface area (Å²) in [5, 5.41) is 41.3. The monoisotopic (exact) mass is 406 g/mol. The number of aryl methyl sites for hydroxylation is 3. The summed E-state index contributed by atoms with van der Waals surface area (Å²) in [6.07, 6.45) is 1.17. The van der Waals surface area contributed by atoms with E-state index in [1.54, 1.807) is 18.2 Å². The lowest BCUT2D eigenvalue weighted by Gasteiger charge is -2.15. The Hall–Kier alpha value is -3.31. The number of phenolic OH excluding ortho intramolecular Hbond substituents is 2. The van der Waals surface area contributed by atoms with Crippen molar-refractivity contribution in [3.63, 3.8) is 0 Å². The molecule has 5 heteroatoms. The first-order valence-corrected chi connectivity index (χ1v) is 9.74. The molecule has 0 saturated carbocycles. The summed E-state index contributed by atoms with van der Waals surface area (Å²) < 4.78 is 0. The van der Waals surface area contributed by atoms with E-state index in [9.17, 15) is 25.2 Å². The molecular weight excluding hydrogens is 380 g/mol. The standard InChI is InChI=1S/C25H26O5/c1-14-4-17(10-19-6-15(2)8-21(12-26)24(19)29)23(28)18(5-14)11-20-7-16(3)9-22(13-27)25(20)30/h4-9,12,27-30H,10-11,13H2,1-3H3. The number of aliphatic hydroxyl groups is 1. The van der Waals surface area contributed by atoms with Gasteiger partial charge in [0, 0.05) is 18.4 Å². The quantitative estimate of drug-likeness (QED) is 0.460. The van der Waals surface area contributed by atoms with Crippen LogP contribution in [0.3, 0.4) is 0 Å². The van der Waals surface area contributed by atoms with Gasteiger partial charge in [0.1, 0.15) is 17.2 Å². The van der Waals surface area contributed by atoms with Crippen LogP contribution in [-0.4, -0.2) is 26.7 Å². The van der Waals surface area contributed by atoms with Crippen molar-refractivity contribution in [3.8, 4) is 17.2 Å². The van der Waals surface area contributed by atoms with E-state index >= 15 is 0 Å². The van der Waals surface area contributed by atoms with Gasteiger partial charge in [0.05, 0.1) is 12.2 Å². The van der Waals surface area contributed by atoms with Crippen molar-refractivity contribution in [2.75, 3.05) is 0 Å². The highest BCUT2D eigenvalue weighted by molar-refractivity contribution is 5.80. The summed E-state index contributed by atoms with van der Waals surface area (Å²) in [6, 6.07) is 10.7. The number of aliphatic hydroxyl groups excluding tert-OH is 1. The minimum Gasteiger partial charge on any atom is -0.507 e. The van der Waals surface area contributed by atoms with Crippen molar-refractivity contribution in [1.29, 1.82) is 0 Å². The molecule has 5 nitrogen and oxygen atoms in total. The van der Waals surface area contributed by atoms with Crippen LogP contribution < -0.4 is 0 Å². The number of aldehydes is 1. The van der Waals surface area contributed by atoms with Crippen molar-refractivity contribution in [2.45, 2.75) is 40.2 Å². The predicted octanol–water partition coefficient (Wildman–Crippen LogP) is 4.22. The molecule has 30 heavy (non-hydrogen) atoms. The zero-order valence-corrected chi connectivity index (χ0v) is 17.4. The fraction of sp³-hybridized carbons (Fsp3) is 0.240. The van der Waals surface area contributed by atoms with Gasteiger partial charge in [-0.15, -0.1) is 0 Å². The molecule has 0 radical (unpaired) electrons. The molecule has 0 aliphatic carbocycles. The summed E-state index contributed by atoms with van der Waals surface area (Å²) >= 11 is 0. The number of aromatic hydroxyl groups is 3. The third kappa shape index (κ3) is 4.31. The lowest BCUT2D eigenvalue weighted by molar-refractivity contribution is 0.112. The smallest absolute Gasteiger partial charge is 0.153 e. The molecular formula is C25H26O5. The Labute approximate surface area is 175 Å². The first-order chi connectivity index (χ1) is 14.2. The summed E-state index contributed by atoms with van der Waals surface area (Å²) in [5.41, 5.74) is 5.79. The van der Waals surface area contributed by atoms with E-state index in [0.717, 1.165) is 16.7 Å². The van der Waals surface area contributed by atoms with Gasteiger partial charge < -0.3 is 20.4 Å². The zero-order valence-electron chi connectivity index (χ0n) is 17.4. The molecule has 0 atom stereocenters. The Kier molecular flexibility index (Phi) is 6.13. The van der Waals surface area contributed by atoms with Crippen molar-refractivity contribution >= 4 is 6.29 Å². The maximum atomic E-state index is 11.2. The molecule has 156 valence electrons. The summed E-state index contributed by atoms with van der Waals surface area (Å²) in [4.78, 5) is 11.2. The Balaban J connectivity index is 2.03. The Morgan fingerprint density at radius 3 is 1.43 bits per heavy atom. The third-order valence-corrected chi connectivity index (χ3v) is 5.25. The number of hydrogen-bond donors (Lipinski definition) is 4. The molecule has 3 aromatic carbocycles. The predicted molar refractivity (Wildman–Crippen MR) is 115 cm³/mol. The molecule has 3 aromatic rings. The molecule has 0 bridgehead atoms. The topological polar surface area (TPSA) is 98.0 Å². The second-order valence-electron chi connectivity index (χ2n) is 7.85. The fourth-order valence-electron chi connectivity index (χ4n) is 3.91. The molecule has 0 aliphatic heterocycles. The van der Waals surface area contributed by atoms with Crippen LogP contribution in [0.5, 0.6) is 17.2 Å². The van der Waals surface area contributed by atoms with Crippen molar-refractivity contribution in [1.82, 2.24) is 0 Å². The van der Waals surface area contributed by atoms with Gasteiger partial charge in [-0.05, 0) is 54.7 Å². The number of carbonyl (C=O) groups is 1. The summed E-state index contributed by atoms with van der Waals surface area (Å²) in [6.45, 7) is 5.37. The van der Waals surface area contributed by atoms with Crippen molar-refractivity contribution in [3.05, 3.63) is 86.5 Å². The van der Waals surface area contributed by atoms with Crippen LogP contribution in [0.1, 0.15) is 54.9 Å². The molecule has 0 fully saturated rings. The van der Waals surface area contributed by atoms with Gasteiger partial charge in [-0.25, -0.2) is 0 Å². The average molecular weight is 406 g/mol. The molecule has 0 saturated heterocycles. The van der Waals surface area contributed by atoms with Crippen LogP contribution in [0, 0.1) is 20.8 Å². The lowest BCUT2D eigenvalue weighted by Crippen LogP contribution is -2.00. The Morgan fingerprint density at radius 2 is 1.00 bits per heavy atom. The zero-order chi connectivity index (χ0) is 22.0. The Bertz CT molecular complexity index is 1120. The van der Waals surface area contributed by atoms with Crippen LogP contribution in [0.2, 0.25) is 0 Å². The van der Waals surface area contributed by atoms with Crippen molar-refractivity contribution < 1.29 is 25.2 Å². The summed E-state index contributed by atoms with van der Waals surface area (Å²) in [5.74, 6) is 0.0279. The van der Waals surface area contributed by atoms with E-state index in [0.29, 0.717) is 40.5 Å². The fourth-order valence-corrected chi connectivity index (χ4v) is 3.91. The lowest BCUT2D eigenvalue weighted by atomic mass is 9.92.